The number of nitrogens with one attached hydrogen (secondary N) is 1. The van der Waals surface area contributed by atoms with Crippen LogP contribution in [0.1, 0.15) is 29.7 Å². The van der Waals surface area contributed by atoms with E-state index < -0.39 is 6.04 Å². The highest BCUT2D eigenvalue weighted by Crippen LogP contribution is 2.39. The van der Waals surface area contributed by atoms with Crippen LogP contribution in [-0.2, 0) is 9.59 Å². The molecule has 136 valence electrons. The molecule has 2 aromatic rings. The maximum absolute atomic E-state index is 12.9. The fraction of sp³-hybridized carbons (Fsp3) is 0.300. The highest BCUT2D eigenvalue weighted by atomic mass is 35.5. The third-order valence-corrected chi connectivity index (χ3v) is 4.57. The zero-order chi connectivity index (χ0) is 18.8. The minimum Gasteiger partial charge on any atom is -0.492 e. The molecule has 0 fully saturated rings. The minimum absolute atomic E-state index is 0.136. The van der Waals surface area contributed by atoms with E-state index in [-0.39, 0.29) is 11.8 Å². The summed E-state index contributed by atoms with van der Waals surface area (Å²) in [4.78, 5) is 26.1. The van der Waals surface area contributed by atoms with Crippen molar-refractivity contribution in [3.63, 3.8) is 0 Å². The van der Waals surface area contributed by atoms with E-state index >= 15 is 0 Å². The van der Waals surface area contributed by atoms with Crippen LogP contribution < -0.4 is 15.0 Å². The predicted molar refractivity (Wildman–Crippen MR) is 102 cm³/mol. The van der Waals surface area contributed by atoms with Crippen LogP contribution in [0.5, 0.6) is 5.75 Å². The van der Waals surface area contributed by atoms with E-state index in [0.29, 0.717) is 23.9 Å². The summed E-state index contributed by atoms with van der Waals surface area (Å²) in [6, 6.07) is 10.4. The average molecular weight is 373 g/mol. The van der Waals surface area contributed by atoms with E-state index in [9.17, 15) is 9.59 Å². The number of benzene rings is 2. The molecule has 0 saturated heterocycles. The van der Waals surface area contributed by atoms with Gasteiger partial charge in [0.2, 0.25) is 5.91 Å². The van der Waals surface area contributed by atoms with Crippen LogP contribution in [0.3, 0.4) is 0 Å². The molecule has 1 atom stereocenters. The van der Waals surface area contributed by atoms with Crippen LogP contribution in [-0.4, -0.2) is 25.0 Å². The number of fused-ring (bicyclic) bond motifs is 1. The van der Waals surface area contributed by atoms with Gasteiger partial charge in [0.1, 0.15) is 18.4 Å². The van der Waals surface area contributed by atoms with Gasteiger partial charge in [0.25, 0.3) is 5.91 Å². The molecule has 6 heteroatoms. The lowest BCUT2D eigenvalue weighted by Gasteiger charge is -2.20. The van der Waals surface area contributed by atoms with Gasteiger partial charge in [0.15, 0.2) is 0 Å². The Bertz CT molecular complexity index is 849. The highest BCUT2D eigenvalue weighted by Gasteiger charge is 2.38. The first-order valence-electron chi connectivity index (χ1n) is 8.45. The first-order chi connectivity index (χ1) is 12.4. The summed E-state index contributed by atoms with van der Waals surface area (Å²) in [6.07, 6.45) is 0. The molecule has 1 unspecified atom stereocenters. The summed E-state index contributed by atoms with van der Waals surface area (Å²) < 4.78 is 5.73. The van der Waals surface area contributed by atoms with Gasteiger partial charge in [-0.1, -0.05) is 29.3 Å². The van der Waals surface area contributed by atoms with Crippen LogP contribution in [0.4, 0.5) is 5.69 Å². The van der Waals surface area contributed by atoms with Crippen LogP contribution in [0.25, 0.3) is 0 Å². The van der Waals surface area contributed by atoms with Crippen molar-refractivity contribution >= 4 is 29.1 Å². The van der Waals surface area contributed by atoms with Crippen molar-refractivity contribution in [2.24, 2.45) is 0 Å². The number of carbonyl (C=O) groups is 2. The maximum atomic E-state index is 12.9. The fourth-order valence-corrected chi connectivity index (χ4v) is 3.46. The third-order valence-electron chi connectivity index (χ3n) is 4.31. The number of amides is 2. The van der Waals surface area contributed by atoms with E-state index in [1.54, 1.807) is 29.2 Å². The monoisotopic (exact) mass is 372 g/mol. The lowest BCUT2D eigenvalue weighted by Crippen LogP contribution is -2.38. The SMILES string of the molecule is CC(=O)NC1C(=O)N(CCOc2ccc(Cl)cc2)c2c(C)cc(C)cc21. The second-order valence-corrected chi connectivity index (χ2v) is 6.88. The van der Waals surface area contributed by atoms with Gasteiger partial charge in [-0.25, -0.2) is 0 Å². The maximum Gasteiger partial charge on any atom is 0.254 e. The van der Waals surface area contributed by atoms with Gasteiger partial charge in [-0.05, 0) is 43.7 Å². The molecule has 1 heterocycles. The van der Waals surface area contributed by atoms with Gasteiger partial charge in [0, 0.05) is 17.5 Å². The largest absolute Gasteiger partial charge is 0.492 e. The molecule has 0 aromatic heterocycles. The molecule has 1 N–H and O–H groups in total. The van der Waals surface area contributed by atoms with Crippen LogP contribution in [0.2, 0.25) is 5.02 Å². The van der Waals surface area contributed by atoms with Crippen molar-refractivity contribution < 1.29 is 14.3 Å². The smallest absolute Gasteiger partial charge is 0.254 e. The third kappa shape index (κ3) is 3.68. The summed E-state index contributed by atoms with van der Waals surface area (Å²) in [5, 5.41) is 3.40. The Balaban J connectivity index is 1.80. The number of hydrogen-bond donors (Lipinski definition) is 1. The van der Waals surface area contributed by atoms with E-state index in [1.165, 1.54) is 6.92 Å². The number of carbonyl (C=O) groups excluding carboxylic acids is 2. The number of hydrogen-bond acceptors (Lipinski definition) is 3. The summed E-state index contributed by atoms with van der Waals surface area (Å²) in [6.45, 7) is 6.11. The Kier molecular flexibility index (Phi) is 5.18. The lowest BCUT2D eigenvalue weighted by molar-refractivity contribution is -0.126. The van der Waals surface area contributed by atoms with E-state index in [4.69, 9.17) is 16.3 Å². The van der Waals surface area contributed by atoms with E-state index in [2.05, 4.69) is 5.32 Å². The van der Waals surface area contributed by atoms with Gasteiger partial charge in [-0.15, -0.1) is 0 Å². The standard InChI is InChI=1S/C20H21ClN2O3/c1-12-10-13(2)19-17(11-12)18(22-14(3)24)20(25)23(19)8-9-26-16-6-4-15(21)5-7-16/h4-7,10-11,18H,8-9H2,1-3H3,(H,22,24). The normalized spacial score (nSPS) is 15.8. The molecule has 0 radical (unpaired) electrons. The van der Waals surface area contributed by atoms with Crippen LogP contribution in [0.15, 0.2) is 36.4 Å². The van der Waals surface area contributed by atoms with E-state index in [0.717, 1.165) is 22.4 Å². The van der Waals surface area contributed by atoms with Crippen LogP contribution in [0, 0.1) is 13.8 Å². The molecule has 0 aliphatic carbocycles. The zero-order valence-electron chi connectivity index (χ0n) is 15.0. The van der Waals surface area contributed by atoms with Crippen LogP contribution >= 0.6 is 11.6 Å². The Morgan fingerprint density at radius 2 is 1.92 bits per heavy atom. The van der Waals surface area contributed by atoms with Crippen molar-refractivity contribution in [1.82, 2.24) is 5.32 Å². The van der Waals surface area contributed by atoms with Crippen molar-refractivity contribution in [1.29, 1.82) is 0 Å². The van der Waals surface area contributed by atoms with Crippen molar-refractivity contribution in [2.75, 3.05) is 18.1 Å². The van der Waals surface area contributed by atoms with Gasteiger partial charge >= 0.3 is 0 Å². The van der Waals surface area contributed by atoms with Gasteiger partial charge in [0.05, 0.1) is 12.2 Å². The molecule has 26 heavy (non-hydrogen) atoms. The summed E-state index contributed by atoms with van der Waals surface area (Å²) >= 11 is 5.87. The Labute approximate surface area is 157 Å². The second-order valence-electron chi connectivity index (χ2n) is 6.45. The molecule has 5 nitrogen and oxygen atoms in total. The number of aryl methyl sites for hydroxylation is 2. The van der Waals surface area contributed by atoms with Crippen molar-refractivity contribution in [2.45, 2.75) is 26.8 Å². The molecular weight excluding hydrogens is 352 g/mol. The zero-order valence-corrected chi connectivity index (χ0v) is 15.8. The first kappa shape index (κ1) is 18.3. The second kappa shape index (κ2) is 7.38. The van der Waals surface area contributed by atoms with Crippen molar-refractivity contribution in [3.8, 4) is 5.75 Å². The number of halogens is 1. The highest BCUT2D eigenvalue weighted by molar-refractivity contribution is 6.30. The topological polar surface area (TPSA) is 58.6 Å². The summed E-state index contributed by atoms with van der Waals surface area (Å²) in [7, 11) is 0. The first-order valence-corrected chi connectivity index (χ1v) is 8.82. The quantitative estimate of drug-likeness (QED) is 0.873. The minimum atomic E-state index is -0.642. The Morgan fingerprint density at radius 1 is 1.23 bits per heavy atom. The van der Waals surface area contributed by atoms with E-state index in [1.807, 2.05) is 26.0 Å². The molecule has 2 aromatic carbocycles. The Hall–Kier alpha value is -2.53. The lowest BCUT2D eigenvalue weighted by atomic mass is 10.0. The Morgan fingerprint density at radius 3 is 2.58 bits per heavy atom. The summed E-state index contributed by atoms with van der Waals surface area (Å²) in [5.41, 5.74) is 3.77. The average Bonchev–Trinajstić information content (AvgIpc) is 2.82. The molecule has 1 aliphatic rings. The van der Waals surface area contributed by atoms with Gasteiger partial charge in [-0.3, -0.25) is 9.59 Å². The number of nitrogens with zero attached hydrogens (tertiary/aromatic N) is 1. The molecule has 0 spiro atoms. The number of rotatable bonds is 5. The molecule has 1 aliphatic heterocycles. The molecule has 0 bridgehead atoms. The molecule has 0 saturated carbocycles. The number of ether oxygens (including phenoxy) is 1. The van der Waals surface area contributed by atoms with Gasteiger partial charge in [-0.2, -0.15) is 0 Å². The molecular formula is C20H21ClN2O3. The predicted octanol–water partition coefficient (Wildman–Crippen LogP) is 3.56. The number of anilines is 1. The van der Waals surface area contributed by atoms with Crippen molar-refractivity contribution in [3.05, 3.63) is 58.1 Å². The molecule has 3 rings (SSSR count). The molecule has 2 amide bonds. The van der Waals surface area contributed by atoms with Gasteiger partial charge < -0.3 is 15.0 Å². The summed E-state index contributed by atoms with van der Waals surface area (Å²) in [5.74, 6) is 0.330. The fourth-order valence-electron chi connectivity index (χ4n) is 3.33.